The summed E-state index contributed by atoms with van der Waals surface area (Å²) in [5.74, 6) is -0.599. The molecule has 3 aliphatic rings. The SMILES string of the molecule is CS(=O)(=O)C1=C=CC(c2ccc(C(=O)N3CCCC3CN3CCCC3)c(C(F)(F)F)c2)=C=C1. The molecule has 0 saturated carbocycles. The highest BCUT2D eigenvalue weighted by atomic mass is 32.2. The second-order valence-electron chi connectivity index (χ2n) is 8.69. The number of allylic oxidation sites excluding steroid dienone is 1. The van der Waals surface area contributed by atoms with Gasteiger partial charge < -0.3 is 9.80 Å². The lowest BCUT2D eigenvalue weighted by Gasteiger charge is -2.29. The van der Waals surface area contributed by atoms with Crippen molar-refractivity contribution < 1.29 is 26.4 Å². The molecule has 0 radical (unpaired) electrons. The first kappa shape index (κ1) is 23.6. The van der Waals surface area contributed by atoms with Gasteiger partial charge in [-0.25, -0.2) is 8.42 Å². The Labute approximate surface area is 191 Å². The van der Waals surface area contributed by atoms with Crippen molar-refractivity contribution in [3.8, 4) is 0 Å². The number of amides is 1. The van der Waals surface area contributed by atoms with Crippen molar-refractivity contribution in [2.75, 3.05) is 32.4 Å². The van der Waals surface area contributed by atoms with Crippen LogP contribution in [-0.2, 0) is 16.0 Å². The van der Waals surface area contributed by atoms with Crippen molar-refractivity contribution in [1.29, 1.82) is 0 Å². The first-order valence-corrected chi connectivity index (χ1v) is 12.8. The summed E-state index contributed by atoms with van der Waals surface area (Å²) in [7, 11) is -3.50. The molecule has 1 atom stereocenters. The van der Waals surface area contributed by atoms with Gasteiger partial charge in [-0.15, -0.1) is 5.73 Å². The summed E-state index contributed by atoms with van der Waals surface area (Å²) >= 11 is 0. The van der Waals surface area contributed by atoms with Crippen LogP contribution in [0.15, 0.2) is 46.7 Å². The molecule has 176 valence electrons. The molecule has 1 aliphatic carbocycles. The van der Waals surface area contributed by atoms with Crippen LogP contribution in [0.3, 0.4) is 0 Å². The van der Waals surface area contributed by atoms with Crippen molar-refractivity contribution in [3.05, 3.63) is 63.4 Å². The van der Waals surface area contributed by atoms with Crippen molar-refractivity contribution in [1.82, 2.24) is 9.80 Å². The fourth-order valence-corrected chi connectivity index (χ4v) is 5.14. The zero-order valence-electron chi connectivity index (χ0n) is 18.3. The van der Waals surface area contributed by atoms with Gasteiger partial charge in [-0.3, -0.25) is 4.79 Å². The van der Waals surface area contributed by atoms with Gasteiger partial charge in [0.05, 0.1) is 11.1 Å². The summed E-state index contributed by atoms with van der Waals surface area (Å²) in [5.41, 5.74) is 4.37. The van der Waals surface area contributed by atoms with Gasteiger partial charge in [0, 0.05) is 37.0 Å². The van der Waals surface area contributed by atoms with Crippen molar-refractivity contribution in [2.45, 2.75) is 37.9 Å². The monoisotopic (exact) mass is 478 g/mol. The standard InChI is InChI=1S/C24H25F3N2O3S/c1-33(31,32)20-9-6-17(7-10-20)18-8-11-21(22(15-18)24(25,26)27)23(30)29-14-4-5-19(29)16-28-12-2-3-13-28/h6,8,10-11,15,19H,2-5,12-14,16H2,1H3. The highest BCUT2D eigenvalue weighted by Gasteiger charge is 2.39. The number of benzene rings is 1. The molecule has 0 aromatic heterocycles. The van der Waals surface area contributed by atoms with E-state index in [0.717, 1.165) is 51.1 Å². The molecule has 1 aromatic carbocycles. The van der Waals surface area contributed by atoms with Gasteiger partial charge in [-0.05, 0) is 62.5 Å². The van der Waals surface area contributed by atoms with E-state index in [1.165, 1.54) is 24.3 Å². The molecule has 2 fully saturated rings. The van der Waals surface area contributed by atoms with Crippen LogP contribution in [0.2, 0.25) is 0 Å². The number of carbonyl (C=O) groups is 1. The number of alkyl halides is 3. The molecule has 2 heterocycles. The third kappa shape index (κ3) is 5.17. The maximum Gasteiger partial charge on any atom is 0.417 e. The van der Waals surface area contributed by atoms with Gasteiger partial charge in [-0.2, -0.15) is 13.2 Å². The first-order chi connectivity index (χ1) is 15.5. The van der Waals surface area contributed by atoms with Gasteiger partial charge in [0.2, 0.25) is 0 Å². The van der Waals surface area contributed by atoms with Crippen LogP contribution in [0.1, 0.15) is 47.2 Å². The largest absolute Gasteiger partial charge is 0.417 e. The van der Waals surface area contributed by atoms with Gasteiger partial charge in [0.1, 0.15) is 4.91 Å². The number of sulfone groups is 1. The topological polar surface area (TPSA) is 57.7 Å². The molecule has 0 spiro atoms. The number of likely N-dealkylation sites (tertiary alicyclic amines) is 2. The molecular weight excluding hydrogens is 453 g/mol. The average molecular weight is 479 g/mol. The van der Waals surface area contributed by atoms with Crippen molar-refractivity contribution in [3.63, 3.8) is 0 Å². The van der Waals surface area contributed by atoms with E-state index < -0.39 is 27.5 Å². The van der Waals surface area contributed by atoms with Crippen LogP contribution in [0.5, 0.6) is 0 Å². The van der Waals surface area contributed by atoms with Crippen LogP contribution in [0, 0.1) is 0 Å². The maximum atomic E-state index is 14.0. The summed E-state index contributed by atoms with van der Waals surface area (Å²) < 4.78 is 65.1. The zero-order valence-corrected chi connectivity index (χ0v) is 19.1. The zero-order chi connectivity index (χ0) is 23.8. The minimum Gasteiger partial charge on any atom is -0.334 e. The van der Waals surface area contributed by atoms with Gasteiger partial charge in [0.25, 0.3) is 5.91 Å². The van der Waals surface area contributed by atoms with E-state index in [1.807, 2.05) is 0 Å². The number of halogens is 3. The Balaban J connectivity index is 1.63. The predicted octanol–water partition coefficient (Wildman–Crippen LogP) is 4.04. The number of nitrogens with zero attached hydrogens (tertiary/aromatic N) is 2. The lowest BCUT2D eigenvalue weighted by molar-refractivity contribution is -0.138. The summed E-state index contributed by atoms with van der Waals surface area (Å²) in [5, 5.41) is 0. The minimum atomic E-state index is -4.72. The predicted molar refractivity (Wildman–Crippen MR) is 119 cm³/mol. The van der Waals surface area contributed by atoms with E-state index in [2.05, 4.69) is 16.4 Å². The number of hydrogen-bond donors (Lipinski definition) is 0. The van der Waals surface area contributed by atoms with Crippen molar-refractivity contribution >= 4 is 21.3 Å². The molecule has 2 saturated heterocycles. The van der Waals surface area contributed by atoms with Crippen LogP contribution < -0.4 is 0 Å². The van der Waals surface area contributed by atoms with E-state index >= 15 is 0 Å². The second-order valence-corrected chi connectivity index (χ2v) is 10.7. The van der Waals surface area contributed by atoms with E-state index in [-0.39, 0.29) is 27.6 Å². The highest BCUT2D eigenvalue weighted by molar-refractivity contribution is 7.94. The molecule has 1 unspecified atom stereocenters. The normalized spacial score (nSPS) is 21.5. The first-order valence-electron chi connectivity index (χ1n) is 10.9. The van der Waals surface area contributed by atoms with Gasteiger partial charge in [0.15, 0.2) is 9.84 Å². The molecule has 4 rings (SSSR count). The van der Waals surface area contributed by atoms with Crippen molar-refractivity contribution in [2.24, 2.45) is 0 Å². The summed E-state index contributed by atoms with van der Waals surface area (Å²) in [6, 6.07) is 3.50. The molecule has 9 heteroatoms. The Morgan fingerprint density at radius 2 is 1.82 bits per heavy atom. The minimum absolute atomic E-state index is 0.0807. The molecule has 0 bridgehead atoms. The highest BCUT2D eigenvalue weighted by Crippen LogP contribution is 2.36. The molecule has 1 aromatic rings. The number of rotatable bonds is 5. The van der Waals surface area contributed by atoms with E-state index in [0.29, 0.717) is 13.1 Å². The lowest BCUT2D eigenvalue weighted by Crippen LogP contribution is -2.43. The molecule has 5 nitrogen and oxygen atoms in total. The molecular formula is C24H25F3N2O3S. The summed E-state index contributed by atoms with van der Waals surface area (Å²) in [6.45, 7) is 3.08. The maximum absolute atomic E-state index is 14.0. The van der Waals surface area contributed by atoms with Crippen LogP contribution in [0.25, 0.3) is 5.57 Å². The van der Waals surface area contributed by atoms with Gasteiger partial charge >= 0.3 is 6.18 Å². The molecule has 2 aliphatic heterocycles. The quantitative estimate of drug-likeness (QED) is 0.600. The number of carbonyl (C=O) groups excluding carboxylic acids is 1. The lowest BCUT2D eigenvalue weighted by atomic mass is 9.97. The Morgan fingerprint density at radius 1 is 1.09 bits per heavy atom. The Kier molecular flexibility index (Phi) is 6.43. The van der Waals surface area contributed by atoms with Crippen LogP contribution in [0.4, 0.5) is 13.2 Å². The smallest absolute Gasteiger partial charge is 0.334 e. The Bertz CT molecular complexity index is 1200. The second kappa shape index (κ2) is 8.99. The summed E-state index contributed by atoms with van der Waals surface area (Å²) in [6.07, 6.45) is 2.57. The average Bonchev–Trinajstić information content (AvgIpc) is 3.44. The molecule has 33 heavy (non-hydrogen) atoms. The van der Waals surface area contributed by atoms with Crippen LogP contribution >= 0.6 is 0 Å². The third-order valence-electron chi connectivity index (χ3n) is 6.29. The van der Waals surface area contributed by atoms with E-state index in [4.69, 9.17) is 0 Å². The third-order valence-corrected chi connectivity index (χ3v) is 7.32. The summed E-state index contributed by atoms with van der Waals surface area (Å²) in [4.78, 5) is 17.0. The number of hydrogen-bond acceptors (Lipinski definition) is 4. The van der Waals surface area contributed by atoms with Gasteiger partial charge in [-0.1, -0.05) is 11.8 Å². The fourth-order valence-electron chi connectivity index (χ4n) is 4.59. The van der Waals surface area contributed by atoms with E-state index in [1.54, 1.807) is 4.90 Å². The molecule has 1 amide bonds. The van der Waals surface area contributed by atoms with Crippen LogP contribution in [-0.4, -0.2) is 62.6 Å². The Morgan fingerprint density at radius 3 is 2.42 bits per heavy atom. The van der Waals surface area contributed by atoms with E-state index in [9.17, 15) is 26.4 Å². The fraction of sp³-hybridized carbons (Fsp3) is 0.458. The Hall–Kier alpha value is -2.57. The molecule has 0 N–H and O–H groups in total.